The van der Waals surface area contributed by atoms with Crippen molar-refractivity contribution in [3.63, 3.8) is 0 Å². The van der Waals surface area contributed by atoms with Gasteiger partial charge in [0.1, 0.15) is 0 Å². The Kier molecular flexibility index (Phi) is 10.2. The average Bonchev–Trinajstić information content (AvgIpc) is 2.00. The van der Waals surface area contributed by atoms with Crippen molar-refractivity contribution in [1.29, 1.82) is 0 Å². The number of nitrogens with one attached hydrogen (secondary N) is 1. The Morgan fingerprint density at radius 3 is 2.38 bits per heavy atom. The summed E-state index contributed by atoms with van der Waals surface area (Å²) in [7, 11) is -1.73. The molecular formula is C7H14KNO3S. The molecule has 0 saturated carbocycles. The Morgan fingerprint density at radius 2 is 2.00 bits per heavy atom. The van der Waals surface area contributed by atoms with Crippen LogP contribution in [-0.2, 0) is 14.6 Å². The second-order valence-electron chi connectivity index (χ2n) is 2.28. The topological polar surface area (TPSA) is 63.2 Å². The van der Waals surface area contributed by atoms with Gasteiger partial charge in [-0.2, -0.15) is 0 Å². The van der Waals surface area contributed by atoms with Crippen molar-refractivity contribution < 1.29 is 13.2 Å². The van der Waals surface area contributed by atoms with E-state index in [2.05, 4.69) is 5.32 Å². The number of carbonyl (C=O) groups excluding carboxylic acids is 1. The van der Waals surface area contributed by atoms with Crippen molar-refractivity contribution in [1.82, 2.24) is 5.32 Å². The summed E-state index contributed by atoms with van der Waals surface area (Å²) in [4.78, 5) is 10.6. The Balaban J connectivity index is 0. The summed E-state index contributed by atoms with van der Waals surface area (Å²) in [5.41, 5.74) is 0. The SMILES string of the molecule is CCCS(=O)(=O)C=CC(=O)NC.[KH]. The van der Waals surface area contributed by atoms with Crippen molar-refractivity contribution in [2.45, 2.75) is 13.3 Å². The van der Waals surface area contributed by atoms with E-state index >= 15 is 0 Å². The molecule has 72 valence electrons. The van der Waals surface area contributed by atoms with Crippen LogP contribution in [0.15, 0.2) is 11.5 Å². The van der Waals surface area contributed by atoms with Gasteiger partial charge in [-0.25, -0.2) is 8.42 Å². The fraction of sp³-hybridized carbons (Fsp3) is 0.571. The molecule has 0 aromatic rings. The standard InChI is InChI=1S/C7H13NO3S.K.H/c1-3-5-12(10,11)6-4-7(9)8-2;;/h4,6H,3,5H2,1-2H3,(H,8,9);;. The molecule has 0 spiro atoms. The van der Waals surface area contributed by atoms with Gasteiger partial charge in [0.15, 0.2) is 9.84 Å². The van der Waals surface area contributed by atoms with Crippen molar-refractivity contribution >= 4 is 67.1 Å². The monoisotopic (exact) mass is 231 g/mol. The van der Waals surface area contributed by atoms with Gasteiger partial charge in [0.25, 0.3) is 0 Å². The third-order valence-electron chi connectivity index (χ3n) is 1.16. The molecule has 1 amide bonds. The van der Waals surface area contributed by atoms with Crippen LogP contribution in [0.3, 0.4) is 0 Å². The molecule has 0 rings (SSSR count). The Hall–Kier alpha value is 0.796. The first kappa shape index (κ1) is 16.2. The maximum absolute atomic E-state index is 11.0. The molecular weight excluding hydrogens is 217 g/mol. The van der Waals surface area contributed by atoms with E-state index in [0.717, 1.165) is 11.5 Å². The molecule has 0 aromatic heterocycles. The van der Waals surface area contributed by atoms with Gasteiger partial charge in [0.05, 0.1) is 5.75 Å². The maximum atomic E-state index is 11.0. The predicted molar refractivity (Wildman–Crippen MR) is 54.4 cm³/mol. The van der Waals surface area contributed by atoms with Gasteiger partial charge in [0, 0.05) is 18.5 Å². The van der Waals surface area contributed by atoms with Gasteiger partial charge in [-0.15, -0.1) is 0 Å². The van der Waals surface area contributed by atoms with Crippen LogP contribution in [0.5, 0.6) is 0 Å². The fourth-order valence-electron chi connectivity index (χ4n) is 0.601. The van der Waals surface area contributed by atoms with E-state index in [9.17, 15) is 13.2 Å². The van der Waals surface area contributed by atoms with Crippen LogP contribution >= 0.6 is 0 Å². The molecule has 0 radical (unpaired) electrons. The number of hydrogen-bond acceptors (Lipinski definition) is 3. The third-order valence-corrected chi connectivity index (χ3v) is 2.69. The molecule has 0 atom stereocenters. The van der Waals surface area contributed by atoms with E-state index in [-0.39, 0.29) is 57.1 Å². The first-order valence-electron chi connectivity index (χ1n) is 3.64. The van der Waals surface area contributed by atoms with Crippen LogP contribution < -0.4 is 5.32 Å². The third kappa shape index (κ3) is 9.11. The molecule has 0 aliphatic heterocycles. The number of rotatable bonds is 4. The zero-order valence-electron chi connectivity index (χ0n) is 7.20. The van der Waals surface area contributed by atoms with Crippen LogP contribution in [0.1, 0.15) is 13.3 Å². The minimum atomic E-state index is -3.18. The number of likely N-dealkylation sites (N-methyl/N-ethyl adjacent to an activating group) is 1. The molecule has 4 nitrogen and oxygen atoms in total. The van der Waals surface area contributed by atoms with Crippen molar-refractivity contribution in [2.75, 3.05) is 12.8 Å². The van der Waals surface area contributed by atoms with Crippen molar-refractivity contribution in [3.05, 3.63) is 11.5 Å². The van der Waals surface area contributed by atoms with Crippen LogP contribution in [0.25, 0.3) is 0 Å². The zero-order valence-corrected chi connectivity index (χ0v) is 8.02. The normalized spacial score (nSPS) is 10.9. The summed E-state index contributed by atoms with van der Waals surface area (Å²) in [6, 6.07) is 0. The Labute approximate surface area is 121 Å². The summed E-state index contributed by atoms with van der Waals surface area (Å²) in [6.07, 6.45) is 1.57. The number of hydrogen-bond donors (Lipinski definition) is 1. The van der Waals surface area contributed by atoms with Gasteiger partial charge in [-0.1, -0.05) is 6.92 Å². The van der Waals surface area contributed by atoms with E-state index in [1.54, 1.807) is 6.92 Å². The molecule has 0 saturated heterocycles. The molecule has 0 aliphatic carbocycles. The molecule has 13 heavy (non-hydrogen) atoms. The predicted octanol–water partition coefficient (Wildman–Crippen LogP) is -0.578. The van der Waals surface area contributed by atoms with E-state index in [1.165, 1.54) is 7.05 Å². The second-order valence-corrected chi connectivity index (χ2v) is 4.29. The first-order valence-corrected chi connectivity index (χ1v) is 5.36. The van der Waals surface area contributed by atoms with Crippen LogP contribution in [0.2, 0.25) is 0 Å². The summed E-state index contributed by atoms with van der Waals surface area (Å²) in [5.74, 6) is -0.324. The zero-order chi connectivity index (χ0) is 9.61. The molecule has 0 heterocycles. The van der Waals surface area contributed by atoms with Crippen molar-refractivity contribution in [2.24, 2.45) is 0 Å². The summed E-state index contributed by atoms with van der Waals surface area (Å²) < 4.78 is 22.0. The van der Waals surface area contributed by atoms with Gasteiger partial charge in [0.2, 0.25) is 5.91 Å². The summed E-state index contributed by atoms with van der Waals surface area (Å²) in [6.45, 7) is 1.77. The van der Waals surface area contributed by atoms with Crippen LogP contribution in [-0.4, -0.2) is 78.5 Å². The average molecular weight is 231 g/mol. The molecule has 0 unspecified atom stereocenters. The quantitative estimate of drug-likeness (QED) is 0.520. The molecule has 0 aliphatic rings. The summed E-state index contributed by atoms with van der Waals surface area (Å²) >= 11 is 0. The van der Waals surface area contributed by atoms with Crippen LogP contribution in [0, 0.1) is 0 Å². The molecule has 1 N–H and O–H groups in total. The Bertz CT molecular complexity index is 271. The number of carbonyl (C=O) groups is 1. The van der Waals surface area contributed by atoms with Gasteiger partial charge < -0.3 is 5.32 Å². The van der Waals surface area contributed by atoms with E-state index < -0.39 is 15.7 Å². The van der Waals surface area contributed by atoms with E-state index in [0.29, 0.717) is 6.42 Å². The second kappa shape index (κ2) is 8.13. The van der Waals surface area contributed by atoms with Gasteiger partial charge in [-0.05, 0) is 6.42 Å². The fourth-order valence-corrected chi connectivity index (χ4v) is 1.64. The Morgan fingerprint density at radius 1 is 1.46 bits per heavy atom. The molecule has 6 heteroatoms. The molecule has 0 bridgehead atoms. The van der Waals surface area contributed by atoms with E-state index in [1.807, 2.05) is 0 Å². The summed E-state index contributed by atoms with van der Waals surface area (Å²) in [5, 5.41) is 3.23. The van der Waals surface area contributed by atoms with Gasteiger partial charge in [-0.3, -0.25) is 4.79 Å². The molecule has 0 aromatic carbocycles. The first-order chi connectivity index (χ1) is 5.52. The minimum absolute atomic E-state index is 0. The molecule has 0 fully saturated rings. The van der Waals surface area contributed by atoms with Crippen LogP contribution in [0.4, 0.5) is 0 Å². The number of sulfone groups is 1. The van der Waals surface area contributed by atoms with Gasteiger partial charge >= 0.3 is 51.4 Å². The van der Waals surface area contributed by atoms with Crippen molar-refractivity contribution in [3.8, 4) is 0 Å². The number of amides is 1. The van der Waals surface area contributed by atoms with E-state index in [4.69, 9.17) is 0 Å².